The Morgan fingerprint density at radius 2 is 2.08 bits per heavy atom. The molecule has 0 radical (unpaired) electrons. The van der Waals surface area contributed by atoms with Crippen LogP contribution in [-0.4, -0.2) is 45.9 Å². The quantitative estimate of drug-likeness (QED) is 0.780. The second-order valence-corrected chi connectivity index (χ2v) is 8.91. The zero-order chi connectivity index (χ0) is 17.0. The minimum atomic E-state index is -0.780. The van der Waals surface area contributed by atoms with Crippen molar-refractivity contribution in [1.29, 1.82) is 0 Å². The molecule has 0 amide bonds. The van der Waals surface area contributed by atoms with E-state index in [-0.39, 0.29) is 30.3 Å². The molecular weight excluding hydrogens is 350 g/mol. The van der Waals surface area contributed by atoms with Crippen molar-refractivity contribution in [3.05, 3.63) is 35.4 Å². The van der Waals surface area contributed by atoms with Crippen molar-refractivity contribution in [2.75, 3.05) is 13.1 Å². The van der Waals surface area contributed by atoms with Crippen molar-refractivity contribution in [2.45, 2.75) is 61.7 Å². The second-order valence-electron chi connectivity index (χ2n) is 8.91. The highest BCUT2D eigenvalue weighted by Gasteiger charge is 2.71. The Balaban J connectivity index is 0.00000150. The number of piperidine rings is 1. The van der Waals surface area contributed by atoms with Crippen molar-refractivity contribution in [3.8, 4) is 11.5 Å². The van der Waals surface area contributed by atoms with Gasteiger partial charge >= 0.3 is 0 Å². The van der Waals surface area contributed by atoms with Gasteiger partial charge < -0.3 is 14.9 Å². The van der Waals surface area contributed by atoms with Crippen LogP contribution in [0.3, 0.4) is 0 Å². The van der Waals surface area contributed by atoms with E-state index in [9.17, 15) is 10.2 Å². The van der Waals surface area contributed by atoms with Gasteiger partial charge in [0.15, 0.2) is 11.5 Å². The number of ether oxygens (including phenoxy) is 1. The third-order valence-corrected chi connectivity index (χ3v) is 7.71. The van der Waals surface area contributed by atoms with Gasteiger partial charge in [-0.1, -0.05) is 12.6 Å². The largest absolute Gasteiger partial charge is 0.504 e. The van der Waals surface area contributed by atoms with Gasteiger partial charge in [0.05, 0.1) is 11.0 Å². The Labute approximate surface area is 160 Å². The fourth-order valence-corrected chi connectivity index (χ4v) is 6.39. The molecule has 6 rings (SSSR count). The molecule has 0 aromatic heterocycles. The first-order valence-corrected chi connectivity index (χ1v) is 9.71. The Bertz CT molecular complexity index is 807. The van der Waals surface area contributed by atoms with Crippen molar-refractivity contribution >= 4 is 12.4 Å². The number of hydrogen-bond acceptors (Lipinski definition) is 4. The van der Waals surface area contributed by atoms with E-state index in [0.717, 1.165) is 55.8 Å². The molecule has 2 aliphatic heterocycles. The van der Waals surface area contributed by atoms with E-state index >= 15 is 0 Å². The molecule has 2 N–H and O–H groups in total. The number of nitrogens with zero attached hydrogens (tertiary/aromatic N) is 1. The van der Waals surface area contributed by atoms with Gasteiger partial charge in [-0.2, -0.15) is 0 Å². The van der Waals surface area contributed by atoms with E-state index in [1.54, 1.807) is 6.07 Å². The summed E-state index contributed by atoms with van der Waals surface area (Å²) < 4.78 is 6.29. The normalized spacial score (nSPS) is 39.8. The predicted molar refractivity (Wildman–Crippen MR) is 101 cm³/mol. The summed E-state index contributed by atoms with van der Waals surface area (Å²) in [4.78, 5) is 2.56. The zero-order valence-electron chi connectivity index (χ0n) is 14.9. The molecule has 4 atom stereocenters. The Kier molecular flexibility index (Phi) is 3.37. The first kappa shape index (κ1) is 16.9. The molecule has 1 unspecified atom stereocenters. The van der Waals surface area contributed by atoms with Crippen molar-refractivity contribution < 1.29 is 14.9 Å². The average Bonchev–Trinajstić information content (AvgIpc) is 3.32. The predicted octanol–water partition coefficient (Wildman–Crippen LogP) is 2.93. The minimum absolute atomic E-state index is 0. The van der Waals surface area contributed by atoms with Gasteiger partial charge in [0.25, 0.3) is 0 Å². The van der Waals surface area contributed by atoms with Crippen LogP contribution in [-0.2, 0) is 11.8 Å². The maximum absolute atomic E-state index is 12.1. The van der Waals surface area contributed by atoms with Crippen LogP contribution in [0.5, 0.6) is 11.5 Å². The first-order valence-electron chi connectivity index (χ1n) is 9.71. The van der Waals surface area contributed by atoms with Gasteiger partial charge in [0.1, 0.15) is 6.10 Å². The van der Waals surface area contributed by atoms with E-state index < -0.39 is 11.0 Å². The van der Waals surface area contributed by atoms with Gasteiger partial charge in [-0.25, -0.2) is 0 Å². The third-order valence-electron chi connectivity index (χ3n) is 7.71. The van der Waals surface area contributed by atoms with Gasteiger partial charge in [-0.15, -0.1) is 12.4 Å². The second kappa shape index (κ2) is 5.18. The lowest BCUT2D eigenvalue weighted by molar-refractivity contribution is -0.174. The lowest BCUT2D eigenvalue weighted by Gasteiger charge is -2.63. The molecule has 2 bridgehead atoms. The van der Waals surface area contributed by atoms with Gasteiger partial charge in [-0.05, 0) is 68.2 Å². The number of halogens is 1. The number of phenolic OH excluding ortho intramolecular Hbond substituents is 1. The van der Waals surface area contributed by atoms with Crippen LogP contribution >= 0.6 is 12.4 Å². The van der Waals surface area contributed by atoms with Crippen molar-refractivity contribution in [3.63, 3.8) is 0 Å². The molecule has 5 aliphatic rings. The SMILES string of the molecule is C=C1CC[C@@]2(O)C3Cc4ccc(O)c5c4[C@@]2(CCN3CC2CC2)[C@H]1O5.Cl. The van der Waals surface area contributed by atoms with E-state index in [2.05, 4.69) is 11.5 Å². The first-order chi connectivity index (χ1) is 12.0. The van der Waals surface area contributed by atoms with E-state index in [1.807, 2.05) is 6.07 Å². The summed E-state index contributed by atoms with van der Waals surface area (Å²) in [7, 11) is 0. The fourth-order valence-electron chi connectivity index (χ4n) is 6.39. The number of aliphatic hydroxyl groups is 1. The number of hydrogen-bond donors (Lipinski definition) is 2. The summed E-state index contributed by atoms with van der Waals surface area (Å²) in [5, 5.41) is 22.5. The molecule has 1 spiro atoms. The molecular formula is C21H26ClNO3. The van der Waals surface area contributed by atoms with Crippen LogP contribution in [0.25, 0.3) is 0 Å². The lowest BCUT2D eigenvalue weighted by atomic mass is 9.48. The minimum Gasteiger partial charge on any atom is -0.504 e. The molecule has 3 fully saturated rings. The molecule has 2 heterocycles. The maximum Gasteiger partial charge on any atom is 0.166 e. The number of phenols is 1. The highest BCUT2D eigenvalue weighted by Crippen LogP contribution is 2.66. The summed E-state index contributed by atoms with van der Waals surface area (Å²) in [6, 6.07) is 3.96. The van der Waals surface area contributed by atoms with Crippen LogP contribution < -0.4 is 4.74 Å². The number of aromatic hydroxyl groups is 1. The highest BCUT2D eigenvalue weighted by atomic mass is 35.5. The van der Waals surface area contributed by atoms with Crippen LogP contribution in [0.2, 0.25) is 0 Å². The molecule has 5 heteroatoms. The lowest BCUT2D eigenvalue weighted by Crippen LogP contribution is -2.75. The van der Waals surface area contributed by atoms with Crippen molar-refractivity contribution in [2.24, 2.45) is 5.92 Å². The van der Waals surface area contributed by atoms with Crippen LogP contribution in [0.15, 0.2) is 24.3 Å². The summed E-state index contributed by atoms with van der Waals surface area (Å²) in [6.07, 6.45) is 5.79. The maximum atomic E-state index is 12.1. The molecule has 1 aromatic carbocycles. The van der Waals surface area contributed by atoms with Gasteiger partial charge in [0.2, 0.25) is 0 Å². The average molecular weight is 376 g/mol. The molecule has 26 heavy (non-hydrogen) atoms. The van der Waals surface area contributed by atoms with Gasteiger partial charge in [0, 0.05) is 18.2 Å². The van der Waals surface area contributed by atoms with Crippen molar-refractivity contribution in [1.82, 2.24) is 4.90 Å². The molecule has 140 valence electrons. The third kappa shape index (κ3) is 1.78. The molecule has 4 nitrogen and oxygen atoms in total. The number of likely N-dealkylation sites (tertiary alicyclic amines) is 1. The summed E-state index contributed by atoms with van der Waals surface area (Å²) in [5.74, 6) is 1.64. The van der Waals surface area contributed by atoms with E-state index in [4.69, 9.17) is 4.74 Å². The molecule has 2 saturated carbocycles. The Morgan fingerprint density at radius 3 is 2.85 bits per heavy atom. The monoisotopic (exact) mass is 375 g/mol. The van der Waals surface area contributed by atoms with Crippen LogP contribution in [0, 0.1) is 5.92 Å². The summed E-state index contributed by atoms with van der Waals surface area (Å²) >= 11 is 0. The summed E-state index contributed by atoms with van der Waals surface area (Å²) in [5.41, 5.74) is 2.21. The fraction of sp³-hybridized carbons (Fsp3) is 0.619. The standard InChI is InChI=1S/C21H25NO3.ClH/c1-12-6-7-21(24)16-10-14-4-5-15(23)18-17(14)20(21,19(12)25-18)8-9-22(16)11-13-2-3-13;/h4-5,13,16,19,23-24H,1-3,6-11H2;1H/t16?,19-,20-,21+;/m0./s1. The number of benzene rings is 1. The smallest absolute Gasteiger partial charge is 0.166 e. The van der Waals surface area contributed by atoms with Crippen LogP contribution in [0.4, 0.5) is 0 Å². The van der Waals surface area contributed by atoms with Gasteiger partial charge in [-0.3, -0.25) is 4.90 Å². The summed E-state index contributed by atoms with van der Waals surface area (Å²) in [6.45, 7) is 6.40. The Hall–Kier alpha value is -1.23. The zero-order valence-corrected chi connectivity index (χ0v) is 15.7. The number of rotatable bonds is 2. The van der Waals surface area contributed by atoms with E-state index in [1.165, 1.54) is 18.4 Å². The topological polar surface area (TPSA) is 52.9 Å². The highest BCUT2D eigenvalue weighted by molar-refractivity contribution is 5.85. The van der Waals surface area contributed by atoms with Crippen LogP contribution in [0.1, 0.15) is 43.2 Å². The van der Waals surface area contributed by atoms with E-state index in [0.29, 0.717) is 5.75 Å². The molecule has 1 aromatic rings. The molecule has 3 aliphatic carbocycles. The Morgan fingerprint density at radius 1 is 1.27 bits per heavy atom. The molecule has 1 saturated heterocycles.